The summed E-state index contributed by atoms with van der Waals surface area (Å²) in [5.74, 6) is 0.488. The maximum absolute atomic E-state index is 12.6. The molecule has 0 spiro atoms. The van der Waals surface area contributed by atoms with Crippen LogP contribution in [-0.4, -0.2) is 20.7 Å². The Morgan fingerprint density at radius 1 is 1.43 bits per heavy atom. The second-order valence-corrected chi connectivity index (χ2v) is 5.56. The first-order valence-corrected chi connectivity index (χ1v) is 7.44. The number of carbonyl (C=O) groups is 1. The molecule has 1 fully saturated rings. The van der Waals surface area contributed by atoms with Crippen molar-refractivity contribution in [2.45, 2.75) is 39.3 Å². The summed E-state index contributed by atoms with van der Waals surface area (Å²) in [4.78, 5) is 16.6. The zero-order chi connectivity index (χ0) is 14.8. The Balaban J connectivity index is 1.81. The van der Waals surface area contributed by atoms with E-state index in [2.05, 4.69) is 15.4 Å². The predicted molar refractivity (Wildman–Crippen MR) is 79.8 cm³/mol. The van der Waals surface area contributed by atoms with E-state index in [4.69, 9.17) is 0 Å². The molecule has 1 amide bonds. The fourth-order valence-corrected chi connectivity index (χ4v) is 2.66. The molecule has 5 heteroatoms. The number of carbonyl (C=O) groups excluding carboxylic acids is 1. The third kappa shape index (κ3) is 2.96. The summed E-state index contributed by atoms with van der Waals surface area (Å²) in [6, 6.07) is 5.87. The van der Waals surface area contributed by atoms with Crippen LogP contribution in [-0.2, 0) is 6.54 Å². The number of hydrogen-bond donors (Lipinski definition) is 1. The lowest BCUT2D eigenvalue weighted by molar-refractivity contribution is 0.0921. The lowest BCUT2D eigenvalue weighted by atomic mass is 10.0. The Kier molecular flexibility index (Phi) is 3.73. The summed E-state index contributed by atoms with van der Waals surface area (Å²) in [6.07, 6.45) is 5.88. The number of pyridine rings is 1. The van der Waals surface area contributed by atoms with E-state index in [0.717, 1.165) is 11.3 Å². The molecule has 5 nitrogen and oxygen atoms in total. The average Bonchev–Trinajstić information content (AvgIpc) is 3.27. The first-order chi connectivity index (χ1) is 10.2. The zero-order valence-corrected chi connectivity index (χ0v) is 12.4. The molecule has 0 unspecified atom stereocenters. The first kappa shape index (κ1) is 13.8. The van der Waals surface area contributed by atoms with Crippen LogP contribution in [0.2, 0.25) is 0 Å². The third-order valence-electron chi connectivity index (χ3n) is 3.88. The van der Waals surface area contributed by atoms with Gasteiger partial charge in [0.05, 0.1) is 11.7 Å². The Hall–Kier alpha value is -2.17. The van der Waals surface area contributed by atoms with E-state index in [1.54, 1.807) is 17.1 Å². The number of aromatic nitrogens is 3. The van der Waals surface area contributed by atoms with Gasteiger partial charge in [-0.1, -0.05) is 0 Å². The Morgan fingerprint density at radius 2 is 2.14 bits per heavy atom. The average molecular weight is 284 g/mol. The van der Waals surface area contributed by atoms with Crippen molar-refractivity contribution in [2.75, 3.05) is 0 Å². The highest BCUT2D eigenvalue weighted by molar-refractivity contribution is 5.93. The van der Waals surface area contributed by atoms with Crippen molar-refractivity contribution in [1.29, 1.82) is 0 Å². The van der Waals surface area contributed by atoms with Gasteiger partial charge in [-0.3, -0.25) is 14.5 Å². The molecule has 1 aliphatic carbocycles. The number of amides is 1. The van der Waals surface area contributed by atoms with Crippen LogP contribution in [0.1, 0.15) is 47.6 Å². The van der Waals surface area contributed by atoms with Crippen LogP contribution >= 0.6 is 0 Å². The lowest BCUT2D eigenvalue weighted by Crippen LogP contribution is -2.31. The molecule has 0 aliphatic heterocycles. The summed E-state index contributed by atoms with van der Waals surface area (Å²) in [5, 5.41) is 7.51. The number of hydrogen-bond acceptors (Lipinski definition) is 3. The fraction of sp³-hybridized carbons (Fsp3) is 0.438. The molecule has 1 atom stereocenters. The van der Waals surface area contributed by atoms with Crippen molar-refractivity contribution in [1.82, 2.24) is 20.1 Å². The van der Waals surface area contributed by atoms with Gasteiger partial charge < -0.3 is 5.32 Å². The molecular formula is C16H20N4O. The van der Waals surface area contributed by atoms with E-state index in [9.17, 15) is 4.79 Å². The minimum absolute atomic E-state index is 0.0498. The van der Waals surface area contributed by atoms with Crippen LogP contribution in [0.15, 0.2) is 30.6 Å². The van der Waals surface area contributed by atoms with Gasteiger partial charge in [0.15, 0.2) is 0 Å². The molecule has 0 saturated heterocycles. The molecule has 0 aromatic carbocycles. The molecule has 0 radical (unpaired) electrons. The van der Waals surface area contributed by atoms with Gasteiger partial charge in [0.25, 0.3) is 5.91 Å². The smallest absolute Gasteiger partial charge is 0.270 e. The monoisotopic (exact) mass is 284 g/mol. The van der Waals surface area contributed by atoms with Crippen molar-refractivity contribution in [3.8, 4) is 0 Å². The SMILES string of the molecule is CCn1nc(C)cc1C(=O)N[C@H](c1ccncc1)C1CC1. The van der Waals surface area contributed by atoms with Crippen molar-refractivity contribution in [3.63, 3.8) is 0 Å². The summed E-state index contributed by atoms with van der Waals surface area (Å²) < 4.78 is 1.75. The molecule has 2 aromatic rings. The molecule has 21 heavy (non-hydrogen) atoms. The van der Waals surface area contributed by atoms with Crippen molar-refractivity contribution in [3.05, 3.63) is 47.5 Å². The van der Waals surface area contributed by atoms with E-state index >= 15 is 0 Å². The fourth-order valence-electron chi connectivity index (χ4n) is 2.66. The van der Waals surface area contributed by atoms with Gasteiger partial charge in [-0.05, 0) is 56.4 Å². The van der Waals surface area contributed by atoms with Crippen LogP contribution in [0.5, 0.6) is 0 Å². The van der Waals surface area contributed by atoms with E-state index in [0.29, 0.717) is 18.2 Å². The van der Waals surface area contributed by atoms with E-state index in [-0.39, 0.29) is 11.9 Å². The van der Waals surface area contributed by atoms with Gasteiger partial charge in [0.1, 0.15) is 5.69 Å². The molecule has 2 aromatic heterocycles. The minimum Gasteiger partial charge on any atom is -0.344 e. The van der Waals surface area contributed by atoms with Crippen molar-refractivity contribution in [2.24, 2.45) is 5.92 Å². The maximum atomic E-state index is 12.6. The summed E-state index contributed by atoms with van der Waals surface area (Å²) in [5.41, 5.74) is 2.63. The van der Waals surface area contributed by atoms with Crippen LogP contribution in [0.3, 0.4) is 0 Å². The highest BCUT2D eigenvalue weighted by Gasteiger charge is 2.34. The molecule has 0 bridgehead atoms. The second kappa shape index (κ2) is 5.68. The molecule has 110 valence electrons. The quantitative estimate of drug-likeness (QED) is 0.917. The molecule has 3 rings (SSSR count). The Morgan fingerprint density at radius 3 is 2.76 bits per heavy atom. The van der Waals surface area contributed by atoms with Gasteiger partial charge in [-0.25, -0.2) is 0 Å². The molecule has 1 N–H and O–H groups in total. The van der Waals surface area contributed by atoms with Gasteiger partial charge in [-0.2, -0.15) is 5.10 Å². The predicted octanol–water partition coefficient (Wildman–Crippen LogP) is 2.49. The number of nitrogens with one attached hydrogen (secondary N) is 1. The van der Waals surface area contributed by atoms with Crippen LogP contribution in [0, 0.1) is 12.8 Å². The first-order valence-electron chi connectivity index (χ1n) is 7.44. The van der Waals surface area contributed by atoms with Gasteiger partial charge in [-0.15, -0.1) is 0 Å². The normalized spacial score (nSPS) is 15.7. The van der Waals surface area contributed by atoms with Gasteiger partial charge in [0, 0.05) is 18.9 Å². The van der Waals surface area contributed by atoms with E-state index in [1.165, 1.54) is 12.8 Å². The zero-order valence-electron chi connectivity index (χ0n) is 12.4. The highest BCUT2D eigenvalue weighted by Crippen LogP contribution is 2.40. The number of rotatable bonds is 5. The maximum Gasteiger partial charge on any atom is 0.270 e. The van der Waals surface area contributed by atoms with E-state index < -0.39 is 0 Å². The van der Waals surface area contributed by atoms with Crippen LogP contribution in [0.25, 0.3) is 0 Å². The van der Waals surface area contributed by atoms with Crippen molar-refractivity contribution >= 4 is 5.91 Å². The highest BCUT2D eigenvalue weighted by atomic mass is 16.2. The lowest BCUT2D eigenvalue weighted by Gasteiger charge is -2.18. The van der Waals surface area contributed by atoms with Crippen LogP contribution < -0.4 is 5.32 Å². The largest absolute Gasteiger partial charge is 0.344 e. The van der Waals surface area contributed by atoms with Gasteiger partial charge in [0.2, 0.25) is 0 Å². The van der Waals surface area contributed by atoms with E-state index in [1.807, 2.05) is 32.0 Å². The second-order valence-electron chi connectivity index (χ2n) is 5.56. The third-order valence-corrected chi connectivity index (χ3v) is 3.88. The number of nitrogens with zero attached hydrogens (tertiary/aromatic N) is 3. The molecule has 2 heterocycles. The molecule has 1 saturated carbocycles. The Labute approximate surface area is 124 Å². The summed E-state index contributed by atoms with van der Waals surface area (Å²) >= 11 is 0. The summed E-state index contributed by atoms with van der Waals surface area (Å²) in [6.45, 7) is 4.59. The topological polar surface area (TPSA) is 59.8 Å². The summed E-state index contributed by atoms with van der Waals surface area (Å²) in [7, 11) is 0. The molecule has 1 aliphatic rings. The molecular weight excluding hydrogens is 264 g/mol. The minimum atomic E-state index is -0.0498. The standard InChI is InChI=1S/C16H20N4O/c1-3-20-14(10-11(2)19-20)16(21)18-15(12-4-5-12)13-6-8-17-9-7-13/h6-10,12,15H,3-5H2,1-2H3,(H,18,21)/t15-/m0/s1. The van der Waals surface area contributed by atoms with Crippen molar-refractivity contribution < 1.29 is 4.79 Å². The number of aryl methyl sites for hydroxylation is 2. The Bertz CT molecular complexity index is 631. The van der Waals surface area contributed by atoms with Crippen LogP contribution in [0.4, 0.5) is 0 Å². The van der Waals surface area contributed by atoms with Gasteiger partial charge >= 0.3 is 0 Å².